The fourth-order valence-corrected chi connectivity index (χ4v) is 1.86. The molecule has 90 valence electrons. The van der Waals surface area contributed by atoms with E-state index in [4.69, 9.17) is 5.11 Å². The van der Waals surface area contributed by atoms with Crippen LogP contribution in [0, 0.1) is 0 Å². The molecule has 2 N–H and O–H groups in total. The van der Waals surface area contributed by atoms with E-state index in [-0.39, 0.29) is 10.7 Å². The molecule has 0 radical (unpaired) electrons. The minimum atomic E-state index is -0.460. The maximum Gasteiger partial charge on any atom is 0.220 e. The number of carbonyl (C=O) groups excluding carboxylic acids is 1. The van der Waals surface area contributed by atoms with E-state index in [2.05, 4.69) is 26.1 Å². The first-order chi connectivity index (χ1) is 6.81. The molecule has 1 atom stereocenters. The lowest BCUT2D eigenvalue weighted by Crippen LogP contribution is -2.30. The highest BCUT2D eigenvalue weighted by Crippen LogP contribution is 2.23. The van der Waals surface area contributed by atoms with Crippen LogP contribution in [0.2, 0.25) is 0 Å². The van der Waals surface area contributed by atoms with Gasteiger partial charge in [0.05, 0.1) is 6.10 Å². The van der Waals surface area contributed by atoms with Crippen molar-refractivity contribution in [3.8, 4) is 0 Å². The topological polar surface area (TPSA) is 49.3 Å². The number of carbonyl (C=O) groups is 1. The van der Waals surface area contributed by atoms with Crippen molar-refractivity contribution in [2.24, 2.45) is 0 Å². The highest BCUT2D eigenvalue weighted by molar-refractivity contribution is 8.00. The molecule has 0 saturated heterocycles. The van der Waals surface area contributed by atoms with Crippen molar-refractivity contribution in [3.63, 3.8) is 0 Å². The number of rotatable bonds is 6. The number of hydrogen-bond donors (Lipinski definition) is 2. The molecule has 0 rings (SSSR count). The van der Waals surface area contributed by atoms with Gasteiger partial charge in [-0.15, -0.1) is 0 Å². The van der Waals surface area contributed by atoms with Crippen LogP contribution < -0.4 is 5.32 Å². The van der Waals surface area contributed by atoms with E-state index < -0.39 is 6.10 Å². The standard InChI is InChI=1S/C11H23NO2S/c1-9(13)8-12-10(14)6-5-7-15-11(2,3)4/h9,13H,5-8H2,1-4H3,(H,12,14). The van der Waals surface area contributed by atoms with Gasteiger partial charge in [0.2, 0.25) is 5.91 Å². The van der Waals surface area contributed by atoms with Gasteiger partial charge in [-0.05, 0) is 19.1 Å². The molecule has 0 aromatic rings. The van der Waals surface area contributed by atoms with Gasteiger partial charge in [0.15, 0.2) is 0 Å². The average Bonchev–Trinajstić information content (AvgIpc) is 2.07. The monoisotopic (exact) mass is 233 g/mol. The molecule has 0 aliphatic heterocycles. The van der Waals surface area contributed by atoms with E-state index in [0.29, 0.717) is 13.0 Å². The van der Waals surface area contributed by atoms with E-state index in [1.54, 1.807) is 6.92 Å². The lowest BCUT2D eigenvalue weighted by molar-refractivity contribution is -0.121. The Kier molecular flexibility index (Phi) is 7.02. The number of aliphatic hydroxyl groups excluding tert-OH is 1. The second-order valence-corrected chi connectivity index (χ2v) is 6.64. The molecule has 0 aromatic heterocycles. The minimum Gasteiger partial charge on any atom is -0.392 e. The molecule has 3 nitrogen and oxygen atoms in total. The Morgan fingerprint density at radius 3 is 2.53 bits per heavy atom. The zero-order chi connectivity index (χ0) is 11.9. The Hall–Kier alpha value is -0.220. The molecule has 0 bridgehead atoms. The molecule has 0 aliphatic rings. The molecular weight excluding hydrogens is 210 g/mol. The van der Waals surface area contributed by atoms with E-state index >= 15 is 0 Å². The molecule has 0 heterocycles. The van der Waals surface area contributed by atoms with E-state index in [1.165, 1.54) is 0 Å². The van der Waals surface area contributed by atoms with Gasteiger partial charge in [-0.2, -0.15) is 11.8 Å². The van der Waals surface area contributed by atoms with Crippen molar-refractivity contribution in [2.75, 3.05) is 12.3 Å². The molecule has 0 aromatic carbocycles. The highest BCUT2D eigenvalue weighted by Gasteiger charge is 2.10. The largest absolute Gasteiger partial charge is 0.392 e. The quantitative estimate of drug-likeness (QED) is 0.688. The summed E-state index contributed by atoms with van der Waals surface area (Å²) in [5, 5.41) is 11.6. The van der Waals surface area contributed by atoms with Gasteiger partial charge in [-0.3, -0.25) is 4.79 Å². The van der Waals surface area contributed by atoms with Crippen LogP contribution in [-0.2, 0) is 4.79 Å². The number of thioether (sulfide) groups is 1. The SMILES string of the molecule is CC(O)CNC(=O)CCCSC(C)(C)C. The minimum absolute atomic E-state index is 0.0328. The predicted molar refractivity (Wildman–Crippen MR) is 66.1 cm³/mol. The summed E-state index contributed by atoms with van der Waals surface area (Å²) >= 11 is 1.87. The second kappa shape index (κ2) is 7.12. The third-order valence-corrected chi connectivity index (χ3v) is 3.04. The third-order valence-electron chi connectivity index (χ3n) is 1.68. The van der Waals surface area contributed by atoms with Crippen LogP contribution in [-0.4, -0.2) is 34.2 Å². The molecular formula is C11H23NO2S. The molecule has 0 aliphatic carbocycles. The molecule has 0 spiro atoms. The summed E-state index contributed by atoms with van der Waals surface area (Å²) in [5.41, 5.74) is 0. The Labute approximate surface area is 97.0 Å². The van der Waals surface area contributed by atoms with Crippen LogP contribution in [0.1, 0.15) is 40.5 Å². The summed E-state index contributed by atoms with van der Waals surface area (Å²) in [5.74, 6) is 1.04. The smallest absolute Gasteiger partial charge is 0.220 e. The first-order valence-electron chi connectivity index (χ1n) is 5.40. The fourth-order valence-electron chi connectivity index (χ4n) is 0.961. The molecule has 0 fully saturated rings. The van der Waals surface area contributed by atoms with Crippen molar-refractivity contribution in [1.82, 2.24) is 5.32 Å². The molecule has 0 saturated carbocycles. The van der Waals surface area contributed by atoms with E-state index in [0.717, 1.165) is 12.2 Å². The van der Waals surface area contributed by atoms with Crippen molar-refractivity contribution in [3.05, 3.63) is 0 Å². The predicted octanol–water partition coefficient (Wildman–Crippen LogP) is 1.80. The maximum atomic E-state index is 11.2. The number of aliphatic hydroxyl groups is 1. The van der Waals surface area contributed by atoms with Crippen LogP contribution >= 0.6 is 11.8 Å². The highest BCUT2D eigenvalue weighted by atomic mass is 32.2. The van der Waals surface area contributed by atoms with E-state index in [9.17, 15) is 4.79 Å². The molecule has 4 heteroatoms. The Bertz CT molecular complexity index is 188. The van der Waals surface area contributed by atoms with Crippen molar-refractivity contribution < 1.29 is 9.90 Å². The van der Waals surface area contributed by atoms with Crippen molar-refractivity contribution in [2.45, 2.75) is 51.4 Å². The van der Waals surface area contributed by atoms with Crippen LogP contribution in [0.15, 0.2) is 0 Å². The lowest BCUT2D eigenvalue weighted by Gasteiger charge is -2.17. The second-order valence-electron chi connectivity index (χ2n) is 4.72. The zero-order valence-electron chi connectivity index (χ0n) is 10.2. The summed E-state index contributed by atoms with van der Waals surface area (Å²) < 4.78 is 0.274. The van der Waals surface area contributed by atoms with E-state index in [1.807, 2.05) is 11.8 Å². The fraction of sp³-hybridized carbons (Fsp3) is 0.909. The normalized spacial score (nSPS) is 13.7. The summed E-state index contributed by atoms with van der Waals surface area (Å²) in [4.78, 5) is 11.2. The first kappa shape index (κ1) is 14.8. The van der Waals surface area contributed by atoms with Crippen LogP contribution in [0.25, 0.3) is 0 Å². The first-order valence-corrected chi connectivity index (χ1v) is 6.38. The summed E-state index contributed by atoms with van der Waals surface area (Å²) in [6, 6.07) is 0. The summed E-state index contributed by atoms with van der Waals surface area (Å²) in [6.07, 6.45) is 0.988. The van der Waals surface area contributed by atoms with Gasteiger partial charge >= 0.3 is 0 Å². The Morgan fingerprint density at radius 2 is 2.07 bits per heavy atom. The van der Waals surface area contributed by atoms with Gasteiger partial charge in [-0.25, -0.2) is 0 Å². The van der Waals surface area contributed by atoms with Gasteiger partial charge < -0.3 is 10.4 Å². The lowest BCUT2D eigenvalue weighted by atomic mass is 10.3. The molecule has 1 amide bonds. The van der Waals surface area contributed by atoms with Gasteiger partial charge in [0.1, 0.15) is 0 Å². The van der Waals surface area contributed by atoms with Crippen molar-refractivity contribution >= 4 is 17.7 Å². The van der Waals surface area contributed by atoms with Gasteiger partial charge in [0, 0.05) is 17.7 Å². The number of nitrogens with one attached hydrogen (secondary N) is 1. The maximum absolute atomic E-state index is 11.2. The molecule has 1 unspecified atom stereocenters. The summed E-state index contributed by atoms with van der Waals surface area (Å²) in [7, 11) is 0. The summed E-state index contributed by atoms with van der Waals surface area (Å²) in [6.45, 7) is 8.53. The van der Waals surface area contributed by atoms with Crippen LogP contribution in [0.5, 0.6) is 0 Å². The molecule has 15 heavy (non-hydrogen) atoms. The average molecular weight is 233 g/mol. The number of hydrogen-bond acceptors (Lipinski definition) is 3. The van der Waals surface area contributed by atoms with Gasteiger partial charge in [-0.1, -0.05) is 20.8 Å². The van der Waals surface area contributed by atoms with Crippen LogP contribution in [0.3, 0.4) is 0 Å². The Balaban J connectivity index is 3.40. The third kappa shape index (κ3) is 11.7. The van der Waals surface area contributed by atoms with Gasteiger partial charge in [0.25, 0.3) is 0 Å². The zero-order valence-corrected chi connectivity index (χ0v) is 11.0. The Morgan fingerprint density at radius 1 is 1.47 bits per heavy atom. The van der Waals surface area contributed by atoms with Crippen LogP contribution in [0.4, 0.5) is 0 Å². The number of amides is 1. The van der Waals surface area contributed by atoms with Crippen molar-refractivity contribution in [1.29, 1.82) is 0 Å².